The highest BCUT2D eigenvalue weighted by Gasteiger charge is 2.29. The van der Waals surface area contributed by atoms with Crippen LogP contribution in [0, 0.1) is 17.2 Å². The zero-order valence-corrected chi connectivity index (χ0v) is 12.7. The quantitative estimate of drug-likeness (QED) is 0.544. The van der Waals surface area contributed by atoms with Crippen LogP contribution in [-0.4, -0.2) is 51.2 Å². The standard InChI is InChI=1S/C16H25N5/c1-18-9-13(8-17)12-6-11-2-5-20-16(11)15(7-12)21-14-3-4-19-10-14/h6-8,11,13-14,17-19,21H,2-5,9-10H2,1H3. The van der Waals surface area contributed by atoms with E-state index in [1.807, 2.05) is 7.05 Å². The molecular formula is C16H25N5. The first-order valence-electron chi connectivity index (χ1n) is 7.92. The minimum atomic E-state index is 0.149. The molecule has 0 saturated carbocycles. The van der Waals surface area contributed by atoms with Gasteiger partial charge in [0.25, 0.3) is 0 Å². The summed E-state index contributed by atoms with van der Waals surface area (Å²) in [5.41, 5.74) is 3.66. The van der Waals surface area contributed by atoms with Crippen LogP contribution < -0.4 is 16.0 Å². The number of hydrogen-bond donors (Lipinski definition) is 4. The first kappa shape index (κ1) is 14.5. The summed E-state index contributed by atoms with van der Waals surface area (Å²) in [5, 5.41) is 17.9. The summed E-state index contributed by atoms with van der Waals surface area (Å²) >= 11 is 0. The van der Waals surface area contributed by atoms with Crippen LogP contribution in [0.4, 0.5) is 0 Å². The topological polar surface area (TPSA) is 72.3 Å². The van der Waals surface area contributed by atoms with Gasteiger partial charge in [-0.15, -0.1) is 0 Å². The Labute approximate surface area is 126 Å². The fourth-order valence-corrected chi connectivity index (χ4v) is 3.38. The number of hydrogen-bond acceptors (Lipinski definition) is 5. The van der Waals surface area contributed by atoms with Gasteiger partial charge in [0.1, 0.15) is 0 Å². The van der Waals surface area contributed by atoms with Crippen molar-refractivity contribution in [3.63, 3.8) is 0 Å². The van der Waals surface area contributed by atoms with Crippen molar-refractivity contribution in [3.8, 4) is 0 Å². The zero-order chi connectivity index (χ0) is 14.7. The van der Waals surface area contributed by atoms with Gasteiger partial charge in [0.05, 0.1) is 11.4 Å². The molecule has 2 aliphatic heterocycles. The number of allylic oxidation sites excluding steroid dienone is 3. The summed E-state index contributed by atoms with van der Waals surface area (Å²) in [7, 11) is 1.94. The third-order valence-electron chi connectivity index (χ3n) is 4.53. The molecule has 5 nitrogen and oxygen atoms in total. The van der Waals surface area contributed by atoms with E-state index >= 15 is 0 Å². The highest BCUT2D eigenvalue weighted by atomic mass is 15.0. The van der Waals surface area contributed by atoms with E-state index in [9.17, 15) is 0 Å². The first-order chi connectivity index (χ1) is 10.3. The highest BCUT2D eigenvalue weighted by Crippen LogP contribution is 2.29. The lowest BCUT2D eigenvalue weighted by Crippen LogP contribution is -2.36. The maximum atomic E-state index is 7.68. The first-order valence-corrected chi connectivity index (χ1v) is 7.92. The summed E-state index contributed by atoms with van der Waals surface area (Å²) in [6.07, 6.45) is 8.34. The van der Waals surface area contributed by atoms with Gasteiger partial charge in [0.2, 0.25) is 0 Å². The van der Waals surface area contributed by atoms with Crippen molar-refractivity contribution < 1.29 is 0 Å². The lowest BCUT2D eigenvalue weighted by atomic mass is 9.85. The summed E-state index contributed by atoms with van der Waals surface area (Å²) in [6, 6.07) is 0.502. The average molecular weight is 287 g/mol. The van der Waals surface area contributed by atoms with Gasteiger partial charge in [-0.3, -0.25) is 4.99 Å². The van der Waals surface area contributed by atoms with Gasteiger partial charge in [-0.1, -0.05) is 6.08 Å². The lowest BCUT2D eigenvalue weighted by Gasteiger charge is -2.26. The van der Waals surface area contributed by atoms with Crippen molar-refractivity contribution in [1.82, 2.24) is 16.0 Å². The lowest BCUT2D eigenvalue weighted by molar-refractivity contribution is 0.619. The molecule has 0 amide bonds. The third kappa shape index (κ3) is 3.09. The van der Waals surface area contributed by atoms with Crippen molar-refractivity contribution >= 4 is 11.9 Å². The number of nitrogens with zero attached hydrogens (tertiary/aromatic N) is 1. The van der Waals surface area contributed by atoms with Crippen LogP contribution in [-0.2, 0) is 0 Å². The second-order valence-electron chi connectivity index (χ2n) is 6.05. The van der Waals surface area contributed by atoms with Crippen LogP contribution in [0.5, 0.6) is 0 Å². The van der Waals surface area contributed by atoms with E-state index in [4.69, 9.17) is 10.4 Å². The Kier molecular flexibility index (Phi) is 4.51. The van der Waals surface area contributed by atoms with Crippen molar-refractivity contribution in [3.05, 3.63) is 23.4 Å². The molecular weight excluding hydrogens is 262 g/mol. The van der Waals surface area contributed by atoms with Crippen LogP contribution in [0.25, 0.3) is 0 Å². The zero-order valence-electron chi connectivity index (χ0n) is 12.7. The molecule has 2 heterocycles. The summed E-state index contributed by atoms with van der Waals surface area (Å²) in [6.45, 7) is 3.85. The van der Waals surface area contributed by atoms with E-state index in [2.05, 4.69) is 28.1 Å². The Morgan fingerprint density at radius 2 is 2.43 bits per heavy atom. The predicted molar refractivity (Wildman–Crippen MR) is 87.2 cm³/mol. The fourth-order valence-electron chi connectivity index (χ4n) is 3.38. The molecule has 0 aromatic rings. The van der Waals surface area contributed by atoms with Gasteiger partial charge in [-0.2, -0.15) is 0 Å². The van der Waals surface area contributed by atoms with E-state index in [0.717, 1.165) is 32.6 Å². The molecule has 3 unspecified atom stereocenters. The number of fused-ring (bicyclic) bond motifs is 1. The fraction of sp³-hybridized carbons (Fsp3) is 0.625. The normalized spacial score (nSPS) is 29.3. The molecule has 0 aromatic heterocycles. The molecule has 3 atom stereocenters. The molecule has 21 heavy (non-hydrogen) atoms. The van der Waals surface area contributed by atoms with Crippen molar-refractivity contribution in [2.45, 2.75) is 18.9 Å². The predicted octanol–water partition coefficient (Wildman–Crippen LogP) is 0.708. The molecule has 3 rings (SSSR count). The SMILES string of the molecule is CNCC(C=N)C1=CC2CCN=C2C(NC2CCNC2)=C1. The van der Waals surface area contributed by atoms with Gasteiger partial charge in [0.15, 0.2) is 0 Å². The summed E-state index contributed by atoms with van der Waals surface area (Å²) in [5.74, 6) is 0.580. The van der Waals surface area contributed by atoms with Gasteiger partial charge in [-0.05, 0) is 38.1 Å². The average Bonchev–Trinajstić information content (AvgIpc) is 3.15. The second kappa shape index (κ2) is 6.54. The molecule has 1 fully saturated rings. The van der Waals surface area contributed by atoms with Gasteiger partial charge >= 0.3 is 0 Å². The van der Waals surface area contributed by atoms with E-state index in [0.29, 0.717) is 12.0 Å². The minimum Gasteiger partial charge on any atom is -0.379 e. The monoisotopic (exact) mass is 287 g/mol. The molecule has 1 aliphatic carbocycles. The molecule has 0 aromatic carbocycles. The van der Waals surface area contributed by atoms with Crippen LogP contribution in [0.3, 0.4) is 0 Å². The van der Waals surface area contributed by atoms with Gasteiger partial charge in [0, 0.05) is 43.7 Å². The van der Waals surface area contributed by atoms with Crippen LogP contribution >= 0.6 is 0 Å². The Bertz CT molecular complexity index is 485. The molecule has 0 bridgehead atoms. The van der Waals surface area contributed by atoms with Crippen LogP contribution in [0.2, 0.25) is 0 Å². The van der Waals surface area contributed by atoms with E-state index in [1.165, 1.54) is 23.4 Å². The second-order valence-corrected chi connectivity index (χ2v) is 6.05. The molecule has 114 valence electrons. The minimum absolute atomic E-state index is 0.149. The largest absolute Gasteiger partial charge is 0.379 e. The molecule has 4 N–H and O–H groups in total. The number of aliphatic imine (C=N–C) groups is 1. The van der Waals surface area contributed by atoms with Crippen LogP contribution in [0.1, 0.15) is 12.8 Å². The molecule has 0 radical (unpaired) electrons. The molecule has 1 saturated heterocycles. The molecule has 3 aliphatic rings. The highest BCUT2D eigenvalue weighted by molar-refractivity contribution is 6.05. The summed E-state index contributed by atoms with van der Waals surface area (Å²) < 4.78 is 0. The Morgan fingerprint density at radius 1 is 1.52 bits per heavy atom. The van der Waals surface area contributed by atoms with Gasteiger partial charge < -0.3 is 21.4 Å². The van der Waals surface area contributed by atoms with Crippen molar-refractivity contribution in [2.24, 2.45) is 16.8 Å². The van der Waals surface area contributed by atoms with E-state index in [-0.39, 0.29) is 5.92 Å². The third-order valence-corrected chi connectivity index (χ3v) is 4.53. The number of nitrogens with one attached hydrogen (secondary N) is 4. The van der Waals surface area contributed by atoms with E-state index < -0.39 is 0 Å². The number of rotatable bonds is 6. The molecule has 0 spiro atoms. The molecule has 5 heteroatoms. The summed E-state index contributed by atoms with van der Waals surface area (Å²) in [4.78, 5) is 4.69. The van der Waals surface area contributed by atoms with Gasteiger partial charge in [-0.25, -0.2) is 0 Å². The maximum absolute atomic E-state index is 7.68. The Hall–Kier alpha value is -1.46. The Balaban J connectivity index is 1.82. The maximum Gasteiger partial charge on any atom is 0.0648 e. The van der Waals surface area contributed by atoms with Crippen molar-refractivity contribution in [2.75, 3.05) is 33.2 Å². The smallest absolute Gasteiger partial charge is 0.0648 e. The van der Waals surface area contributed by atoms with E-state index in [1.54, 1.807) is 6.21 Å². The van der Waals surface area contributed by atoms with Crippen molar-refractivity contribution in [1.29, 1.82) is 5.41 Å². The Morgan fingerprint density at radius 3 is 3.14 bits per heavy atom. The van der Waals surface area contributed by atoms with Crippen LogP contribution in [0.15, 0.2) is 28.4 Å².